The molecule has 2 aromatic rings. The summed E-state index contributed by atoms with van der Waals surface area (Å²) in [5.41, 5.74) is 4.07. The van der Waals surface area contributed by atoms with Crippen LogP contribution in [-0.4, -0.2) is 3.21 Å². The van der Waals surface area contributed by atoms with Crippen LogP contribution in [0.25, 0.3) is 0 Å². The van der Waals surface area contributed by atoms with Crippen molar-refractivity contribution in [2.24, 2.45) is 0 Å². The van der Waals surface area contributed by atoms with Gasteiger partial charge in [-0.25, -0.2) is 0 Å². The van der Waals surface area contributed by atoms with Gasteiger partial charge in [0.05, 0.1) is 0 Å². The van der Waals surface area contributed by atoms with E-state index in [0.717, 1.165) is 0 Å². The molecule has 2 rings (SSSR count). The van der Waals surface area contributed by atoms with Crippen molar-refractivity contribution in [1.29, 1.82) is 0 Å². The van der Waals surface area contributed by atoms with Crippen molar-refractivity contribution in [2.45, 2.75) is 6.92 Å². The van der Waals surface area contributed by atoms with E-state index in [0.29, 0.717) is 0 Å². The fourth-order valence-corrected chi connectivity index (χ4v) is 2.71. The fraction of sp³-hybridized carbons (Fsp3) is 0.0714. The molecular weight excluding hydrogens is 259 g/mol. The molecule has 0 fully saturated rings. The Morgan fingerprint density at radius 3 is 2.13 bits per heavy atom. The van der Waals surface area contributed by atoms with Crippen LogP contribution in [0.1, 0.15) is 16.7 Å². The molecule has 0 bridgehead atoms. The molecule has 0 amide bonds. The molecule has 0 aliphatic carbocycles. The summed E-state index contributed by atoms with van der Waals surface area (Å²) in [7, 11) is 0. The van der Waals surface area contributed by atoms with Crippen molar-refractivity contribution in [2.75, 3.05) is 0 Å². The molecule has 15 heavy (non-hydrogen) atoms. The Morgan fingerprint density at radius 2 is 1.47 bits per heavy atom. The molecule has 0 saturated heterocycles. The van der Waals surface area contributed by atoms with Crippen LogP contribution < -0.4 is 0 Å². The minimum absolute atomic E-state index is 1.34. The van der Waals surface area contributed by atoms with Gasteiger partial charge in [0.15, 0.2) is 0 Å². The van der Waals surface area contributed by atoms with Crippen molar-refractivity contribution < 1.29 is 24.2 Å². The normalized spacial score (nSPS) is 10.1. The maximum atomic E-state index is 2.20. The average molecular weight is 271 g/mol. The van der Waals surface area contributed by atoms with Gasteiger partial charge < -0.3 is 0 Å². The molecule has 0 spiro atoms. The third-order valence-corrected chi connectivity index (χ3v) is 3.85. The van der Waals surface area contributed by atoms with Gasteiger partial charge in [-0.2, -0.15) is 0 Å². The third-order valence-electron chi connectivity index (χ3n) is 2.48. The van der Waals surface area contributed by atoms with Crippen LogP contribution in [0.3, 0.4) is 0 Å². The molecule has 0 saturated carbocycles. The number of benzene rings is 2. The predicted octanol–water partition coefficient (Wildman–Crippen LogP) is 3.11. The molecule has 0 aromatic heterocycles. The molecule has 1 heteroatoms. The number of hydrogen-bond acceptors (Lipinski definition) is 0. The predicted molar refractivity (Wildman–Crippen MR) is 60.8 cm³/mol. The topological polar surface area (TPSA) is 0 Å². The Labute approximate surface area is 105 Å². The zero-order valence-corrected chi connectivity index (χ0v) is 11.2. The first-order chi connectivity index (χ1) is 7.29. The van der Waals surface area contributed by atoms with Crippen LogP contribution in [-0.2, 0) is 24.2 Å². The Kier molecular flexibility index (Phi) is 3.43. The zero-order chi connectivity index (χ0) is 10.7. The van der Waals surface area contributed by atoms with E-state index in [2.05, 4.69) is 61.5 Å². The van der Waals surface area contributed by atoms with Crippen LogP contribution in [0.2, 0.25) is 0 Å². The Bertz CT molecular complexity index is 472. The fourth-order valence-electron chi connectivity index (χ4n) is 1.61. The van der Waals surface area contributed by atoms with Crippen LogP contribution in [0, 0.1) is 6.92 Å². The van der Waals surface area contributed by atoms with Gasteiger partial charge in [0.2, 0.25) is 0 Å². The second-order valence-corrected chi connectivity index (χ2v) is 4.78. The van der Waals surface area contributed by atoms with E-state index in [9.17, 15) is 0 Å². The third kappa shape index (κ3) is 2.41. The summed E-state index contributed by atoms with van der Waals surface area (Å²) in [6.07, 6.45) is 0. The van der Waals surface area contributed by atoms with Gasteiger partial charge in [-0.05, 0) is 0 Å². The second kappa shape index (κ2) is 4.81. The van der Waals surface area contributed by atoms with Crippen LogP contribution >= 0.6 is 0 Å². The Balaban J connectivity index is 2.42. The molecule has 0 nitrogen and oxygen atoms in total. The van der Waals surface area contributed by atoms with Gasteiger partial charge in [0.1, 0.15) is 0 Å². The van der Waals surface area contributed by atoms with Gasteiger partial charge in [0, 0.05) is 0 Å². The Hall–Kier alpha value is -0.807. The van der Waals surface area contributed by atoms with Gasteiger partial charge in [-0.15, -0.1) is 0 Å². The molecule has 2 aromatic carbocycles. The van der Waals surface area contributed by atoms with E-state index >= 15 is 0 Å². The molecule has 0 atom stereocenters. The van der Waals surface area contributed by atoms with E-state index in [1.807, 2.05) is 0 Å². The first-order valence-electron chi connectivity index (χ1n) is 4.99. The summed E-state index contributed by atoms with van der Waals surface area (Å²) in [5.74, 6) is 0. The minimum atomic E-state index is 1.34. The SMILES string of the molecule is Cc1ccccc1[C](=[Zr+2])c1ccccc1. The van der Waals surface area contributed by atoms with Crippen molar-refractivity contribution >= 4 is 3.21 Å². The van der Waals surface area contributed by atoms with E-state index in [1.165, 1.54) is 44.1 Å². The number of aryl methyl sites for hydroxylation is 1. The second-order valence-electron chi connectivity index (χ2n) is 3.56. The first kappa shape index (κ1) is 10.7. The average Bonchev–Trinajstić information content (AvgIpc) is 2.30. The summed E-state index contributed by atoms with van der Waals surface area (Å²) >= 11 is 1.47. The van der Waals surface area contributed by atoms with Crippen molar-refractivity contribution in [1.82, 2.24) is 0 Å². The maximum absolute atomic E-state index is 2.20. The molecule has 0 heterocycles. The summed E-state index contributed by atoms with van der Waals surface area (Å²) in [5, 5.41) is 0. The van der Waals surface area contributed by atoms with E-state index < -0.39 is 0 Å². The van der Waals surface area contributed by atoms with Crippen molar-refractivity contribution in [3.63, 3.8) is 0 Å². The first-order valence-corrected chi connectivity index (χ1v) is 6.22. The molecule has 70 valence electrons. The van der Waals surface area contributed by atoms with Gasteiger partial charge >= 0.3 is 106 Å². The summed E-state index contributed by atoms with van der Waals surface area (Å²) < 4.78 is 1.43. The van der Waals surface area contributed by atoms with Crippen molar-refractivity contribution in [3.8, 4) is 0 Å². The molecular formula is C14H12Zr+2. The van der Waals surface area contributed by atoms with Crippen LogP contribution in [0.5, 0.6) is 0 Å². The molecule has 0 unspecified atom stereocenters. The van der Waals surface area contributed by atoms with Gasteiger partial charge in [-0.3, -0.25) is 0 Å². The van der Waals surface area contributed by atoms with E-state index in [-0.39, 0.29) is 0 Å². The number of hydrogen-bond donors (Lipinski definition) is 0. The number of rotatable bonds is 2. The van der Waals surface area contributed by atoms with Crippen LogP contribution in [0.4, 0.5) is 0 Å². The standard InChI is InChI=1S/C14H12.Zr/c1-12-7-5-6-10-14(12)11-13-8-3-2-4-9-13;/h2-10H,1H3;/q;+2. The summed E-state index contributed by atoms with van der Waals surface area (Å²) in [6, 6.07) is 19.2. The monoisotopic (exact) mass is 270 g/mol. The van der Waals surface area contributed by atoms with Gasteiger partial charge in [0.25, 0.3) is 0 Å². The van der Waals surface area contributed by atoms with E-state index in [4.69, 9.17) is 0 Å². The van der Waals surface area contributed by atoms with Gasteiger partial charge in [-0.1, -0.05) is 0 Å². The van der Waals surface area contributed by atoms with Crippen molar-refractivity contribution in [3.05, 3.63) is 71.3 Å². The summed E-state index contributed by atoms with van der Waals surface area (Å²) in [4.78, 5) is 0. The summed E-state index contributed by atoms with van der Waals surface area (Å²) in [6.45, 7) is 2.17. The quantitative estimate of drug-likeness (QED) is 0.787. The molecule has 0 N–H and O–H groups in total. The van der Waals surface area contributed by atoms with E-state index in [1.54, 1.807) is 0 Å². The molecule has 0 aliphatic heterocycles. The zero-order valence-electron chi connectivity index (χ0n) is 8.70. The molecule has 0 aliphatic rings. The molecule has 0 radical (unpaired) electrons. The Morgan fingerprint density at radius 1 is 0.867 bits per heavy atom. The van der Waals surface area contributed by atoms with Crippen LogP contribution in [0.15, 0.2) is 54.6 Å².